The first-order chi connectivity index (χ1) is 9.20. The number of nitro groups is 1. The van der Waals surface area contributed by atoms with E-state index in [1.54, 1.807) is 12.1 Å². The van der Waals surface area contributed by atoms with Gasteiger partial charge in [0, 0.05) is 31.3 Å². The molecule has 1 heterocycles. The lowest BCUT2D eigenvalue weighted by molar-refractivity contribution is -0.384. The SMILES string of the molecule is O=[N+]([O-])c1ccc(CN2CCCC2CCCO)cc1. The summed E-state index contributed by atoms with van der Waals surface area (Å²) in [5.41, 5.74) is 1.25. The highest BCUT2D eigenvalue weighted by atomic mass is 16.6. The van der Waals surface area contributed by atoms with Crippen LogP contribution in [-0.2, 0) is 6.54 Å². The lowest BCUT2D eigenvalue weighted by Gasteiger charge is -2.24. The molecule has 0 radical (unpaired) electrons. The van der Waals surface area contributed by atoms with Crippen LogP contribution in [0.25, 0.3) is 0 Å². The Balaban J connectivity index is 1.94. The van der Waals surface area contributed by atoms with Gasteiger partial charge < -0.3 is 5.11 Å². The molecule has 104 valence electrons. The van der Waals surface area contributed by atoms with E-state index >= 15 is 0 Å². The third kappa shape index (κ3) is 3.75. The molecule has 0 spiro atoms. The number of nitrogens with zero attached hydrogens (tertiary/aromatic N) is 2. The predicted octanol–water partition coefficient (Wildman–Crippen LogP) is 2.33. The van der Waals surface area contributed by atoms with Crippen molar-refractivity contribution in [3.63, 3.8) is 0 Å². The zero-order chi connectivity index (χ0) is 13.7. The van der Waals surface area contributed by atoms with Gasteiger partial charge >= 0.3 is 0 Å². The molecule has 1 aromatic rings. The molecule has 0 amide bonds. The van der Waals surface area contributed by atoms with Gasteiger partial charge in [0.2, 0.25) is 0 Å². The van der Waals surface area contributed by atoms with E-state index in [4.69, 9.17) is 5.11 Å². The first kappa shape index (κ1) is 14.0. The fourth-order valence-electron chi connectivity index (χ4n) is 2.71. The van der Waals surface area contributed by atoms with Crippen LogP contribution < -0.4 is 0 Å². The lowest BCUT2D eigenvalue weighted by Crippen LogP contribution is -2.29. The van der Waals surface area contributed by atoms with Gasteiger partial charge in [-0.1, -0.05) is 12.1 Å². The van der Waals surface area contributed by atoms with Crippen LogP contribution in [0.2, 0.25) is 0 Å². The van der Waals surface area contributed by atoms with Gasteiger partial charge in [0.25, 0.3) is 5.69 Å². The van der Waals surface area contributed by atoms with Crippen LogP contribution in [0.3, 0.4) is 0 Å². The summed E-state index contributed by atoms with van der Waals surface area (Å²) in [4.78, 5) is 12.6. The smallest absolute Gasteiger partial charge is 0.269 e. The van der Waals surface area contributed by atoms with E-state index in [2.05, 4.69) is 4.90 Å². The minimum absolute atomic E-state index is 0.141. The standard InChI is InChI=1S/C14H20N2O3/c17-10-2-4-13-3-1-9-15(13)11-12-5-7-14(8-6-12)16(18)19/h5-8,13,17H,1-4,9-11H2. The Morgan fingerprint density at radius 3 is 2.74 bits per heavy atom. The Kier molecular flexibility index (Phi) is 4.87. The topological polar surface area (TPSA) is 66.6 Å². The minimum atomic E-state index is -0.371. The molecule has 1 aliphatic rings. The van der Waals surface area contributed by atoms with Crippen LogP contribution in [0.4, 0.5) is 5.69 Å². The van der Waals surface area contributed by atoms with Gasteiger partial charge in [-0.25, -0.2) is 0 Å². The van der Waals surface area contributed by atoms with Gasteiger partial charge in [-0.15, -0.1) is 0 Å². The number of benzene rings is 1. The summed E-state index contributed by atoms with van der Waals surface area (Å²) in [6, 6.07) is 7.34. The van der Waals surface area contributed by atoms with Gasteiger partial charge in [0.1, 0.15) is 0 Å². The number of hydrogen-bond donors (Lipinski definition) is 1. The largest absolute Gasteiger partial charge is 0.396 e. The maximum Gasteiger partial charge on any atom is 0.269 e. The molecule has 5 nitrogen and oxygen atoms in total. The average Bonchev–Trinajstić information content (AvgIpc) is 2.84. The first-order valence-corrected chi connectivity index (χ1v) is 6.79. The zero-order valence-corrected chi connectivity index (χ0v) is 11.0. The monoisotopic (exact) mass is 264 g/mol. The van der Waals surface area contributed by atoms with Gasteiger partial charge in [-0.3, -0.25) is 15.0 Å². The molecule has 0 aromatic heterocycles. The third-order valence-electron chi connectivity index (χ3n) is 3.73. The van der Waals surface area contributed by atoms with E-state index in [0.717, 1.165) is 31.5 Å². The fraction of sp³-hybridized carbons (Fsp3) is 0.571. The van der Waals surface area contributed by atoms with Gasteiger partial charge in [-0.2, -0.15) is 0 Å². The first-order valence-electron chi connectivity index (χ1n) is 6.79. The second-order valence-electron chi connectivity index (χ2n) is 5.06. The van der Waals surface area contributed by atoms with Crippen molar-refractivity contribution < 1.29 is 10.0 Å². The van der Waals surface area contributed by atoms with Crippen LogP contribution in [0.5, 0.6) is 0 Å². The summed E-state index contributed by atoms with van der Waals surface area (Å²) in [7, 11) is 0. The van der Waals surface area contributed by atoms with Gasteiger partial charge in [-0.05, 0) is 37.8 Å². The summed E-state index contributed by atoms with van der Waals surface area (Å²) >= 11 is 0. The summed E-state index contributed by atoms with van der Waals surface area (Å²) in [6.07, 6.45) is 4.26. The number of aliphatic hydroxyl groups is 1. The third-order valence-corrected chi connectivity index (χ3v) is 3.73. The minimum Gasteiger partial charge on any atom is -0.396 e. The summed E-state index contributed by atoms with van der Waals surface area (Å²) in [5.74, 6) is 0. The number of likely N-dealkylation sites (tertiary alicyclic amines) is 1. The number of nitro benzene ring substituents is 1. The number of non-ortho nitro benzene ring substituents is 1. The molecule has 1 unspecified atom stereocenters. The van der Waals surface area contributed by atoms with E-state index < -0.39 is 0 Å². The maximum absolute atomic E-state index is 10.6. The highest BCUT2D eigenvalue weighted by Crippen LogP contribution is 2.24. The predicted molar refractivity (Wildman–Crippen MR) is 72.8 cm³/mol. The van der Waals surface area contributed by atoms with Gasteiger partial charge in [0.05, 0.1) is 4.92 Å². The lowest BCUT2D eigenvalue weighted by atomic mass is 10.1. The van der Waals surface area contributed by atoms with Crippen LogP contribution in [0, 0.1) is 10.1 Å². The number of hydrogen-bond acceptors (Lipinski definition) is 4. The van der Waals surface area contributed by atoms with Crippen LogP contribution in [0.15, 0.2) is 24.3 Å². The Morgan fingerprint density at radius 2 is 2.11 bits per heavy atom. The van der Waals surface area contributed by atoms with Crippen LogP contribution in [0.1, 0.15) is 31.2 Å². The van der Waals surface area contributed by atoms with E-state index in [0.29, 0.717) is 6.04 Å². The molecule has 1 fully saturated rings. The highest BCUT2D eigenvalue weighted by Gasteiger charge is 2.23. The Morgan fingerprint density at radius 1 is 1.37 bits per heavy atom. The summed E-state index contributed by atoms with van der Waals surface area (Å²) < 4.78 is 0. The van der Waals surface area contributed by atoms with Crippen molar-refractivity contribution in [3.8, 4) is 0 Å². The van der Waals surface area contributed by atoms with Crippen LogP contribution in [-0.4, -0.2) is 34.1 Å². The number of rotatable bonds is 6. The van der Waals surface area contributed by atoms with Crippen molar-refractivity contribution in [2.24, 2.45) is 0 Å². The second-order valence-corrected chi connectivity index (χ2v) is 5.06. The van der Waals surface area contributed by atoms with Crippen molar-refractivity contribution in [3.05, 3.63) is 39.9 Å². The maximum atomic E-state index is 10.6. The fourth-order valence-corrected chi connectivity index (χ4v) is 2.71. The highest BCUT2D eigenvalue weighted by molar-refractivity contribution is 5.32. The second kappa shape index (κ2) is 6.63. The van der Waals surface area contributed by atoms with Crippen molar-refractivity contribution in [2.75, 3.05) is 13.2 Å². The van der Waals surface area contributed by atoms with Crippen molar-refractivity contribution >= 4 is 5.69 Å². The van der Waals surface area contributed by atoms with E-state index in [9.17, 15) is 10.1 Å². The molecule has 1 N–H and O–H groups in total. The molecular formula is C14H20N2O3. The van der Waals surface area contributed by atoms with Crippen molar-refractivity contribution in [1.82, 2.24) is 4.90 Å². The van der Waals surface area contributed by atoms with Crippen LogP contribution >= 0.6 is 0 Å². The molecule has 5 heteroatoms. The number of aliphatic hydroxyl groups excluding tert-OH is 1. The molecular weight excluding hydrogens is 244 g/mol. The molecule has 1 saturated heterocycles. The van der Waals surface area contributed by atoms with E-state index in [1.165, 1.54) is 12.8 Å². The molecule has 1 aromatic carbocycles. The molecule has 0 saturated carbocycles. The summed E-state index contributed by atoms with van der Waals surface area (Å²) in [5, 5.41) is 19.5. The Labute approximate surface area is 113 Å². The Hall–Kier alpha value is -1.46. The van der Waals surface area contributed by atoms with E-state index in [-0.39, 0.29) is 17.2 Å². The average molecular weight is 264 g/mol. The molecule has 0 bridgehead atoms. The molecule has 1 aliphatic heterocycles. The molecule has 2 rings (SSSR count). The van der Waals surface area contributed by atoms with Gasteiger partial charge in [0.15, 0.2) is 0 Å². The Bertz CT molecular complexity index is 419. The summed E-state index contributed by atoms with van der Waals surface area (Å²) in [6.45, 7) is 2.17. The molecule has 0 aliphatic carbocycles. The molecule has 19 heavy (non-hydrogen) atoms. The van der Waals surface area contributed by atoms with Crippen molar-refractivity contribution in [1.29, 1.82) is 0 Å². The normalized spacial score (nSPS) is 19.7. The zero-order valence-electron chi connectivity index (χ0n) is 11.0. The molecule has 1 atom stereocenters. The quantitative estimate of drug-likeness (QED) is 0.632. The van der Waals surface area contributed by atoms with E-state index in [1.807, 2.05) is 12.1 Å². The van der Waals surface area contributed by atoms with Crippen molar-refractivity contribution in [2.45, 2.75) is 38.3 Å².